The molecule has 1 aromatic rings. The van der Waals surface area contributed by atoms with E-state index < -0.39 is 0 Å². The fourth-order valence-corrected chi connectivity index (χ4v) is 3.84. The van der Waals surface area contributed by atoms with Gasteiger partial charge in [-0.05, 0) is 68.6 Å². The molecule has 1 saturated carbocycles. The number of nitrogens with one attached hydrogen (secondary N) is 1. The molecule has 3 heteroatoms. The van der Waals surface area contributed by atoms with Gasteiger partial charge in [-0.2, -0.15) is 0 Å². The monoisotopic (exact) mass is 329 g/mol. The van der Waals surface area contributed by atoms with E-state index in [9.17, 15) is 4.79 Å². The largest absolute Gasteiger partial charge is 0.326 e. The highest BCUT2D eigenvalue weighted by atomic mass is 35.5. The van der Waals surface area contributed by atoms with Crippen LogP contribution in [0.25, 0.3) is 0 Å². The second-order valence-corrected chi connectivity index (χ2v) is 6.96. The van der Waals surface area contributed by atoms with Gasteiger partial charge in [-0.1, -0.05) is 42.0 Å². The Morgan fingerprint density at radius 1 is 0.957 bits per heavy atom. The van der Waals surface area contributed by atoms with Crippen LogP contribution in [0, 0.1) is 17.8 Å². The van der Waals surface area contributed by atoms with Crippen LogP contribution in [0.5, 0.6) is 0 Å². The van der Waals surface area contributed by atoms with Crippen LogP contribution in [0.2, 0.25) is 5.02 Å². The lowest BCUT2D eigenvalue weighted by molar-refractivity contribution is -0.117. The third kappa shape index (κ3) is 4.48. The van der Waals surface area contributed by atoms with Gasteiger partial charge >= 0.3 is 0 Å². The lowest BCUT2D eigenvalue weighted by atomic mass is 10.1. The lowest BCUT2D eigenvalue weighted by Gasteiger charge is -2.05. The standard InChI is InChI=1S/C20H24ClNO/c21-15-10-9-11-16(14-15)22-20(23)19-17-12-7-5-3-1-2-4-6-8-13-18(17)19/h3-6,9-11,14,17-19H,1-2,7-8,12-13H2,(H,22,23)/b5-3-,6-4+/t17-,18+,19?/m0/s1. The Balaban J connectivity index is 1.61. The van der Waals surface area contributed by atoms with Crippen molar-refractivity contribution in [1.82, 2.24) is 0 Å². The maximum absolute atomic E-state index is 12.6. The van der Waals surface area contributed by atoms with Crippen molar-refractivity contribution in [3.05, 3.63) is 53.6 Å². The molecule has 0 radical (unpaired) electrons. The zero-order valence-electron chi connectivity index (χ0n) is 13.4. The molecule has 2 nitrogen and oxygen atoms in total. The van der Waals surface area contributed by atoms with Gasteiger partial charge in [0.15, 0.2) is 0 Å². The van der Waals surface area contributed by atoms with Crippen LogP contribution in [0.3, 0.4) is 0 Å². The lowest BCUT2D eigenvalue weighted by Crippen LogP contribution is -2.15. The number of amides is 1. The van der Waals surface area contributed by atoms with Crippen LogP contribution >= 0.6 is 11.6 Å². The van der Waals surface area contributed by atoms with Crippen LogP contribution in [0.4, 0.5) is 5.69 Å². The number of hydrogen-bond donors (Lipinski definition) is 1. The summed E-state index contributed by atoms with van der Waals surface area (Å²) in [6.07, 6.45) is 15.8. The van der Waals surface area contributed by atoms with Crippen LogP contribution < -0.4 is 5.32 Å². The molecule has 122 valence electrons. The zero-order valence-corrected chi connectivity index (χ0v) is 14.1. The minimum absolute atomic E-state index is 0.157. The van der Waals surface area contributed by atoms with Crippen molar-refractivity contribution in [2.45, 2.75) is 38.5 Å². The highest BCUT2D eigenvalue weighted by molar-refractivity contribution is 6.30. The molecule has 0 aliphatic heterocycles. The number of fused-ring (bicyclic) bond motifs is 1. The number of anilines is 1. The Morgan fingerprint density at radius 3 is 2.17 bits per heavy atom. The number of benzene rings is 1. The van der Waals surface area contributed by atoms with Gasteiger partial charge in [0.05, 0.1) is 0 Å². The van der Waals surface area contributed by atoms with E-state index >= 15 is 0 Å². The first-order valence-electron chi connectivity index (χ1n) is 8.62. The molecule has 1 amide bonds. The molecule has 0 bridgehead atoms. The summed E-state index contributed by atoms with van der Waals surface area (Å²) in [5.41, 5.74) is 0.796. The molecule has 0 aromatic heterocycles. The second-order valence-electron chi connectivity index (χ2n) is 6.53. The summed E-state index contributed by atoms with van der Waals surface area (Å²) in [6.45, 7) is 0. The number of rotatable bonds is 2. The van der Waals surface area contributed by atoms with Gasteiger partial charge < -0.3 is 5.32 Å². The number of allylic oxidation sites excluding steroid dienone is 4. The van der Waals surface area contributed by atoms with E-state index in [0.717, 1.165) is 44.2 Å². The quantitative estimate of drug-likeness (QED) is 0.702. The van der Waals surface area contributed by atoms with Gasteiger partial charge in [0, 0.05) is 16.6 Å². The minimum Gasteiger partial charge on any atom is -0.326 e. The van der Waals surface area contributed by atoms with Crippen LogP contribution in [0.1, 0.15) is 38.5 Å². The van der Waals surface area contributed by atoms with Crippen LogP contribution in [0.15, 0.2) is 48.6 Å². The van der Waals surface area contributed by atoms with Crippen LogP contribution in [-0.2, 0) is 4.79 Å². The second kappa shape index (κ2) is 7.83. The average molecular weight is 330 g/mol. The van der Waals surface area contributed by atoms with Gasteiger partial charge in [0.2, 0.25) is 5.91 Å². The van der Waals surface area contributed by atoms with Gasteiger partial charge in [0.25, 0.3) is 0 Å². The summed E-state index contributed by atoms with van der Waals surface area (Å²) in [4.78, 5) is 12.6. The first-order chi connectivity index (χ1) is 11.3. The Hall–Kier alpha value is -1.54. The van der Waals surface area contributed by atoms with Gasteiger partial charge in [-0.3, -0.25) is 4.79 Å². The summed E-state index contributed by atoms with van der Waals surface area (Å²) in [5.74, 6) is 1.39. The number of hydrogen-bond acceptors (Lipinski definition) is 1. The molecule has 3 rings (SSSR count). The summed E-state index contributed by atoms with van der Waals surface area (Å²) in [6, 6.07) is 7.38. The fraction of sp³-hybridized carbons (Fsp3) is 0.450. The molecule has 3 atom stereocenters. The molecule has 2 aliphatic carbocycles. The predicted octanol–water partition coefficient (Wildman–Crippen LogP) is 5.61. The molecule has 1 N–H and O–H groups in total. The first-order valence-corrected chi connectivity index (χ1v) is 9.00. The van der Waals surface area contributed by atoms with Crippen molar-refractivity contribution in [2.75, 3.05) is 5.32 Å². The zero-order chi connectivity index (χ0) is 16.1. The molecule has 0 heterocycles. The average Bonchev–Trinajstić information content (AvgIpc) is 3.20. The third-order valence-electron chi connectivity index (χ3n) is 4.89. The van der Waals surface area contributed by atoms with E-state index in [2.05, 4.69) is 29.6 Å². The van der Waals surface area contributed by atoms with E-state index in [0.29, 0.717) is 16.9 Å². The Morgan fingerprint density at radius 2 is 1.57 bits per heavy atom. The normalized spacial score (nSPS) is 30.2. The van der Waals surface area contributed by atoms with Crippen molar-refractivity contribution in [1.29, 1.82) is 0 Å². The van der Waals surface area contributed by atoms with Gasteiger partial charge in [0.1, 0.15) is 0 Å². The highest BCUT2D eigenvalue weighted by Gasteiger charge is 2.52. The SMILES string of the molecule is O=C(Nc1cccc(Cl)c1)C1[C@H]2CC/C=C\CC/C=C/CC[C@@H]12. The van der Waals surface area contributed by atoms with E-state index in [-0.39, 0.29) is 11.8 Å². The van der Waals surface area contributed by atoms with E-state index in [1.807, 2.05) is 18.2 Å². The first kappa shape index (κ1) is 16.3. The summed E-state index contributed by atoms with van der Waals surface area (Å²) < 4.78 is 0. The summed E-state index contributed by atoms with van der Waals surface area (Å²) in [7, 11) is 0. The highest BCUT2D eigenvalue weighted by Crippen LogP contribution is 2.52. The van der Waals surface area contributed by atoms with Crippen LogP contribution in [-0.4, -0.2) is 5.91 Å². The van der Waals surface area contributed by atoms with Crippen molar-refractivity contribution < 1.29 is 4.79 Å². The Bertz CT molecular complexity index is 583. The molecule has 1 unspecified atom stereocenters. The molecular weight excluding hydrogens is 306 g/mol. The van der Waals surface area contributed by atoms with Gasteiger partial charge in [-0.15, -0.1) is 0 Å². The number of carbonyl (C=O) groups is 1. The van der Waals surface area contributed by atoms with E-state index in [1.165, 1.54) is 0 Å². The Kier molecular flexibility index (Phi) is 5.56. The van der Waals surface area contributed by atoms with Crippen molar-refractivity contribution in [2.24, 2.45) is 17.8 Å². The van der Waals surface area contributed by atoms with E-state index in [4.69, 9.17) is 11.6 Å². The van der Waals surface area contributed by atoms with Crippen molar-refractivity contribution >= 4 is 23.2 Å². The van der Waals surface area contributed by atoms with Crippen molar-refractivity contribution in [3.63, 3.8) is 0 Å². The summed E-state index contributed by atoms with van der Waals surface area (Å²) in [5, 5.41) is 3.69. The molecule has 1 aromatic carbocycles. The third-order valence-corrected chi connectivity index (χ3v) is 5.13. The smallest absolute Gasteiger partial charge is 0.228 e. The number of carbonyl (C=O) groups excluding carboxylic acids is 1. The molecule has 1 fully saturated rings. The molecule has 0 spiro atoms. The Labute approximate surface area is 143 Å². The maximum Gasteiger partial charge on any atom is 0.228 e. The molecule has 2 aliphatic rings. The van der Waals surface area contributed by atoms with Gasteiger partial charge in [-0.25, -0.2) is 0 Å². The number of halogens is 1. The van der Waals surface area contributed by atoms with Crippen molar-refractivity contribution in [3.8, 4) is 0 Å². The predicted molar refractivity (Wildman–Crippen MR) is 96.5 cm³/mol. The maximum atomic E-state index is 12.6. The fourth-order valence-electron chi connectivity index (χ4n) is 3.65. The molecule has 0 saturated heterocycles. The topological polar surface area (TPSA) is 29.1 Å². The minimum atomic E-state index is 0.157. The molecule has 23 heavy (non-hydrogen) atoms. The van der Waals surface area contributed by atoms with E-state index in [1.54, 1.807) is 6.07 Å². The summed E-state index contributed by atoms with van der Waals surface area (Å²) >= 11 is 5.99. The molecular formula is C20H24ClNO.